The van der Waals surface area contributed by atoms with Crippen molar-refractivity contribution in [3.63, 3.8) is 0 Å². The highest BCUT2D eigenvalue weighted by molar-refractivity contribution is 6.01. The van der Waals surface area contributed by atoms with E-state index >= 15 is 0 Å². The SMILES string of the molecule is C=C(F)C(=O)Nc1cc(C)cc(C)c1. The summed E-state index contributed by atoms with van der Waals surface area (Å²) in [6.45, 7) is 6.74. The van der Waals surface area contributed by atoms with Crippen molar-refractivity contribution in [1.82, 2.24) is 0 Å². The Morgan fingerprint density at radius 1 is 1.29 bits per heavy atom. The fourth-order valence-corrected chi connectivity index (χ4v) is 1.25. The van der Waals surface area contributed by atoms with E-state index in [9.17, 15) is 9.18 Å². The molecule has 1 aromatic carbocycles. The number of carbonyl (C=O) groups excluding carboxylic acids is 1. The number of hydrogen-bond acceptors (Lipinski definition) is 1. The first-order valence-corrected chi connectivity index (χ1v) is 4.23. The number of hydrogen-bond donors (Lipinski definition) is 1. The van der Waals surface area contributed by atoms with Gasteiger partial charge in [-0.15, -0.1) is 0 Å². The van der Waals surface area contributed by atoms with Crippen molar-refractivity contribution in [2.75, 3.05) is 5.32 Å². The second-order valence-electron chi connectivity index (χ2n) is 3.24. The molecule has 3 heteroatoms. The Kier molecular flexibility index (Phi) is 3.02. The van der Waals surface area contributed by atoms with Crippen LogP contribution in [0.5, 0.6) is 0 Å². The lowest BCUT2D eigenvalue weighted by atomic mass is 10.1. The molecule has 0 aliphatic carbocycles. The fraction of sp³-hybridized carbons (Fsp3) is 0.182. The van der Waals surface area contributed by atoms with Crippen molar-refractivity contribution >= 4 is 11.6 Å². The first-order valence-electron chi connectivity index (χ1n) is 4.23. The number of halogens is 1. The maximum atomic E-state index is 12.4. The van der Waals surface area contributed by atoms with Gasteiger partial charge in [0.25, 0.3) is 5.91 Å². The van der Waals surface area contributed by atoms with E-state index in [1.54, 1.807) is 12.1 Å². The van der Waals surface area contributed by atoms with Gasteiger partial charge in [-0.05, 0) is 37.1 Å². The van der Waals surface area contributed by atoms with Crippen LogP contribution in [0.4, 0.5) is 10.1 Å². The molecule has 0 aliphatic heterocycles. The highest BCUT2D eigenvalue weighted by atomic mass is 19.1. The number of carbonyl (C=O) groups is 1. The summed E-state index contributed by atoms with van der Waals surface area (Å²) in [5.74, 6) is -1.78. The summed E-state index contributed by atoms with van der Waals surface area (Å²) in [6, 6.07) is 5.52. The summed E-state index contributed by atoms with van der Waals surface area (Å²) < 4.78 is 12.4. The molecule has 0 unspecified atom stereocenters. The van der Waals surface area contributed by atoms with Crippen molar-refractivity contribution < 1.29 is 9.18 Å². The molecule has 0 atom stereocenters. The van der Waals surface area contributed by atoms with Crippen molar-refractivity contribution in [1.29, 1.82) is 0 Å². The van der Waals surface area contributed by atoms with Gasteiger partial charge in [0.2, 0.25) is 0 Å². The highest BCUT2D eigenvalue weighted by Crippen LogP contribution is 2.14. The first kappa shape index (κ1) is 10.4. The number of anilines is 1. The van der Waals surface area contributed by atoms with E-state index in [1.807, 2.05) is 19.9 Å². The molecule has 0 saturated carbocycles. The first-order chi connectivity index (χ1) is 6.49. The standard InChI is InChI=1S/C11H12FNO/c1-7-4-8(2)6-10(5-7)13-11(14)9(3)12/h4-6H,3H2,1-2H3,(H,13,14). The van der Waals surface area contributed by atoms with Crippen molar-refractivity contribution in [2.24, 2.45) is 0 Å². The van der Waals surface area contributed by atoms with Crippen molar-refractivity contribution in [2.45, 2.75) is 13.8 Å². The summed E-state index contributed by atoms with van der Waals surface area (Å²) >= 11 is 0. The van der Waals surface area contributed by atoms with Gasteiger partial charge in [-0.3, -0.25) is 4.79 Å². The van der Waals surface area contributed by atoms with Crippen LogP contribution in [0.15, 0.2) is 30.6 Å². The van der Waals surface area contributed by atoms with Crippen LogP contribution < -0.4 is 5.32 Å². The lowest BCUT2D eigenvalue weighted by Gasteiger charge is -2.05. The Balaban J connectivity index is 2.87. The predicted octanol–water partition coefficient (Wildman–Crippen LogP) is 2.73. The molecule has 0 radical (unpaired) electrons. The molecule has 2 nitrogen and oxygen atoms in total. The molecule has 0 aliphatic rings. The maximum Gasteiger partial charge on any atom is 0.283 e. The zero-order chi connectivity index (χ0) is 10.7. The Bertz CT molecular complexity index is 365. The Morgan fingerprint density at radius 2 is 1.79 bits per heavy atom. The van der Waals surface area contributed by atoms with Gasteiger partial charge in [-0.2, -0.15) is 0 Å². The van der Waals surface area contributed by atoms with Crippen LogP contribution in [-0.2, 0) is 4.79 Å². The lowest BCUT2D eigenvalue weighted by molar-refractivity contribution is -0.114. The molecule has 14 heavy (non-hydrogen) atoms. The van der Waals surface area contributed by atoms with Gasteiger partial charge in [-0.1, -0.05) is 12.6 Å². The third-order valence-electron chi connectivity index (χ3n) is 1.73. The molecule has 1 N–H and O–H groups in total. The normalized spacial score (nSPS) is 9.64. The molecule has 0 heterocycles. The van der Waals surface area contributed by atoms with Crippen LogP contribution in [0.25, 0.3) is 0 Å². The van der Waals surface area contributed by atoms with Crippen molar-refractivity contribution in [3.05, 3.63) is 41.7 Å². The van der Waals surface area contributed by atoms with Gasteiger partial charge in [0.15, 0.2) is 5.83 Å². The highest BCUT2D eigenvalue weighted by Gasteiger charge is 2.05. The van der Waals surface area contributed by atoms with Gasteiger partial charge < -0.3 is 5.32 Å². The van der Waals surface area contributed by atoms with E-state index in [4.69, 9.17) is 0 Å². The second kappa shape index (κ2) is 4.05. The molecular weight excluding hydrogens is 181 g/mol. The molecule has 74 valence electrons. The molecular formula is C11H12FNO. The van der Waals surface area contributed by atoms with Crippen LogP contribution in [-0.4, -0.2) is 5.91 Å². The quantitative estimate of drug-likeness (QED) is 0.719. The number of nitrogens with one attached hydrogen (secondary N) is 1. The molecule has 1 rings (SSSR count). The van der Waals surface area contributed by atoms with Gasteiger partial charge in [-0.25, -0.2) is 4.39 Å². The minimum atomic E-state index is -0.982. The Morgan fingerprint density at radius 3 is 2.21 bits per heavy atom. The van der Waals surface area contributed by atoms with Crippen LogP contribution in [0, 0.1) is 13.8 Å². The van der Waals surface area contributed by atoms with Gasteiger partial charge in [0.05, 0.1) is 0 Å². The van der Waals surface area contributed by atoms with Crippen LogP contribution >= 0.6 is 0 Å². The minimum absolute atomic E-state index is 0.589. The third kappa shape index (κ3) is 2.69. The van der Waals surface area contributed by atoms with Crippen LogP contribution in [0.1, 0.15) is 11.1 Å². The number of rotatable bonds is 2. The monoisotopic (exact) mass is 193 g/mol. The van der Waals surface area contributed by atoms with Gasteiger partial charge >= 0.3 is 0 Å². The zero-order valence-corrected chi connectivity index (χ0v) is 8.23. The summed E-state index contributed by atoms with van der Waals surface area (Å²) in [6.07, 6.45) is 0. The number of amides is 1. The Hall–Kier alpha value is -1.64. The third-order valence-corrected chi connectivity index (χ3v) is 1.73. The predicted molar refractivity (Wildman–Crippen MR) is 54.8 cm³/mol. The average Bonchev–Trinajstić information content (AvgIpc) is 2.01. The summed E-state index contributed by atoms with van der Waals surface area (Å²) in [4.78, 5) is 10.9. The van der Waals surface area contributed by atoms with E-state index < -0.39 is 11.7 Å². The van der Waals surface area contributed by atoms with E-state index in [1.165, 1.54) is 0 Å². The van der Waals surface area contributed by atoms with E-state index in [2.05, 4.69) is 11.9 Å². The second-order valence-corrected chi connectivity index (χ2v) is 3.24. The molecule has 0 fully saturated rings. The van der Waals surface area contributed by atoms with Gasteiger partial charge in [0, 0.05) is 5.69 Å². The summed E-state index contributed by atoms with van der Waals surface area (Å²) in [5.41, 5.74) is 2.63. The molecule has 0 spiro atoms. The Labute approximate surface area is 82.4 Å². The smallest absolute Gasteiger partial charge is 0.283 e. The molecule has 0 saturated heterocycles. The maximum absolute atomic E-state index is 12.4. The lowest BCUT2D eigenvalue weighted by Crippen LogP contribution is -2.11. The molecule has 1 amide bonds. The van der Waals surface area contributed by atoms with E-state index in [0.717, 1.165) is 11.1 Å². The topological polar surface area (TPSA) is 29.1 Å². The van der Waals surface area contributed by atoms with E-state index in [-0.39, 0.29) is 0 Å². The largest absolute Gasteiger partial charge is 0.320 e. The molecule has 0 aromatic heterocycles. The molecule has 1 aromatic rings. The fourth-order valence-electron chi connectivity index (χ4n) is 1.25. The van der Waals surface area contributed by atoms with Crippen LogP contribution in [0.2, 0.25) is 0 Å². The van der Waals surface area contributed by atoms with Gasteiger partial charge in [0.1, 0.15) is 0 Å². The average molecular weight is 193 g/mol. The van der Waals surface area contributed by atoms with E-state index in [0.29, 0.717) is 5.69 Å². The molecule has 0 bridgehead atoms. The number of benzene rings is 1. The summed E-state index contributed by atoms with van der Waals surface area (Å²) in [7, 11) is 0. The minimum Gasteiger partial charge on any atom is -0.320 e. The summed E-state index contributed by atoms with van der Waals surface area (Å²) in [5, 5.41) is 2.41. The number of aryl methyl sites for hydroxylation is 2. The van der Waals surface area contributed by atoms with Crippen LogP contribution in [0.3, 0.4) is 0 Å². The zero-order valence-electron chi connectivity index (χ0n) is 8.23. The van der Waals surface area contributed by atoms with Crippen molar-refractivity contribution in [3.8, 4) is 0 Å².